The van der Waals surface area contributed by atoms with E-state index in [0.29, 0.717) is 12.5 Å². The average Bonchev–Trinajstić information content (AvgIpc) is 2.04. The highest BCUT2D eigenvalue weighted by atomic mass is 16.5. The van der Waals surface area contributed by atoms with Crippen molar-refractivity contribution < 1.29 is 9.53 Å². The van der Waals surface area contributed by atoms with E-state index >= 15 is 0 Å². The van der Waals surface area contributed by atoms with Gasteiger partial charge in [-0.25, -0.2) is 0 Å². The molecular formula is C10H21NO2. The molecule has 0 radical (unpaired) electrons. The van der Waals surface area contributed by atoms with Crippen LogP contribution in [0, 0.1) is 5.92 Å². The van der Waals surface area contributed by atoms with Crippen molar-refractivity contribution in [2.24, 2.45) is 5.92 Å². The lowest BCUT2D eigenvalue weighted by atomic mass is 10.1. The number of carbonyl (C=O) groups excluding carboxylic acids is 1. The largest absolute Gasteiger partial charge is 0.372 e. The number of rotatable bonds is 6. The van der Waals surface area contributed by atoms with Gasteiger partial charge in [-0.3, -0.25) is 4.79 Å². The van der Waals surface area contributed by atoms with Gasteiger partial charge in [0.25, 0.3) is 0 Å². The second-order valence-corrected chi connectivity index (χ2v) is 3.65. The lowest BCUT2D eigenvalue weighted by Crippen LogP contribution is -2.38. The molecule has 0 rings (SSSR count). The first-order valence-corrected chi connectivity index (χ1v) is 4.95. The van der Waals surface area contributed by atoms with E-state index < -0.39 is 0 Å². The van der Waals surface area contributed by atoms with E-state index in [4.69, 9.17) is 4.74 Å². The maximum absolute atomic E-state index is 11.2. The predicted octanol–water partition coefficient (Wildman–Crippen LogP) is 1.57. The van der Waals surface area contributed by atoms with E-state index in [1.54, 1.807) is 0 Å². The van der Waals surface area contributed by atoms with Crippen LogP contribution in [-0.4, -0.2) is 25.2 Å². The van der Waals surface area contributed by atoms with E-state index in [1.807, 2.05) is 13.8 Å². The Hall–Kier alpha value is -0.570. The molecule has 0 saturated heterocycles. The molecule has 1 atom stereocenters. The summed E-state index contributed by atoms with van der Waals surface area (Å²) in [6, 6.07) is 0.220. The minimum atomic E-state index is -0.0188. The Bertz CT molecular complexity index is 146. The zero-order valence-electron chi connectivity index (χ0n) is 9.09. The number of hydrogen-bond donors (Lipinski definition) is 1. The summed E-state index contributed by atoms with van der Waals surface area (Å²) in [4.78, 5) is 11.2. The quantitative estimate of drug-likeness (QED) is 0.641. The van der Waals surface area contributed by atoms with Gasteiger partial charge in [-0.15, -0.1) is 0 Å². The Kier molecular flexibility index (Phi) is 6.59. The summed E-state index contributed by atoms with van der Waals surface area (Å²) >= 11 is 0. The normalized spacial score (nSPS) is 13.0. The van der Waals surface area contributed by atoms with Crippen LogP contribution in [0.15, 0.2) is 0 Å². The van der Waals surface area contributed by atoms with Crippen molar-refractivity contribution in [3.63, 3.8) is 0 Å². The molecule has 0 aromatic carbocycles. The van der Waals surface area contributed by atoms with Crippen molar-refractivity contribution in [1.29, 1.82) is 0 Å². The summed E-state index contributed by atoms with van der Waals surface area (Å²) in [5, 5.41) is 2.87. The molecule has 1 unspecified atom stereocenters. The van der Waals surface area contributed by atoms with Gasteiger partial charge in [-0.1, -0.05) is 20.8 Å². The van der Waals surface area contributed by atoms with E-state index in [0.717, 1.165) is 6.42 Å². The average molecular weight is 187 g/mol. The molecule has 78 valence electrons. The Morgan fingerprint density at radius 3 is 2.46 bits per heavy atom. The number of amides is 1. The van der Waals surface area contributed by atoms with Gasteiger partial charge in [0.1, 0.15) is 6.61 Å². The van der Waals surface area contributed by atoms with Crippen molar-refractivity contribution in [3.8, 4) is 0 Å². The van der Waals surface area contributed by atoms with Gasteiger partial charge in [0, 0.05) is 12.6 Å². The Balaban J connectivity index is 3.50. The number of ether oxygens (including phenoxy) is 1. The van der Waals surface area contributed by atoms with Crippen molar-refractivity contribution in [3.05, 3.63) is 0 Å². The first kappa shape index (κ1) is 12.4. The molecule has 0 aliphatic heterocycles. The summed E-state index contributed by atoms with van der Waals surface area (Å²) < 4.78 is 5.11. The number of hydrogen-bond acceptors (Lipinski definition) is 2. The Morgan fingerprint density at radius 2 is 2.00 bits per heavy atom. The number of carbonyl (C=O) groups is 1. The zero-order valence-corrected chi connectivity index (χ0v) is 9.09. The molecule has 3 nitrogen and oxygen atoms in total. The summed E-state index contributed by atoms with van der Waals surface area (Å²) in [6.07, 6.45) is 0.951. The van der Waals surface area contributed by atoms with E-state index in [-0.39, 0.29) is 18.6 Å². The van der Waals surface area contributed by atoms with Crippen molar-refractivity contribution in [2.45, 2.75) is 40.2 Å². The molecule has 0 saturated carbocycles. The smallest absolute Gasteiger partial charge is 0.246 e. The maximum Gasteiger partial charge on any atom is 0.246 e. The van der Waals surface area contributed by atoms with Crippen LogP contribution in [0.25, 0.3) is 0 Å². The van der Waals surface area contributed by atoms with E-state index in [2.05, 4.69) is 19.2 Å². The Morgan fingerprint density at radius 1 is 1.38 bits per heavy atom. The molecule has 0 spiro atoms. The fourth-order valence-electron chi connectivity index (χ4n) is 0.771. The van der Waals surface area contributed by atoms with Crippen LogP contribution in [-0.2, 0) is 9.53 Å². The summed E-state index contributed by atoms with van der Waals surface area (Å²) in [7, 11) is 0. The molecule has 0 bridgehead atoms. The van der Waals surface area contributed by atoms with Crippen LogP contribution in [0.1, 0.15) is 34.1 Å². The summed E-state index contributed by atoms with van der Waals surface area (Å²) in [6.45, 7) is 9.03. The SMILES string of the molecule is CCCOCC(=O)NC(C)C(C)C. The van der Waals surface area contributed by atoms with Crippen LogP contribution in [0.2, 0.25) is 0 Å². The lowest BCUT2D eigenvalue weighted by Gasteiger charge is -2.17. The molecule has 0 aromatic heterocycles. The molecule has 1 N–H and O–H groups in total. The van der Waals surface area contributed by atoms with E-state index in [1.165, 1.54) is 0 Å². The predicted molar refractivity (Wildman–Crippen MR) is 53.6 cm³/mol. The van der Waals surface area contributed by atoms with Gasteiger partial charge in [0.05, 0.1) is 0 Å². The van der Waals surface area contributed by atoms with Crippen molar-refractivity contribution >= 4 is 5.91 Å². The third-order valence-corrected chi connectivity index (χ3v) is 1.97. The molecule has 0 aliphatic rings. The molecule has 0 aromatic rings. The topological polar surface area (TPSA) is 38.3 Å². The maximum atomic E-state index is 11.2. The third kappa shape index (κ3) is 6.58. The monoisotopic (exact) mass is 187 g/mol. The van der Waals surface area contributed by atoms with Crippen LogP contribution >= 0.6 is 0 Å². The third-order valence-electron chi connectivity index (χ3n) is 1.97. The van der Waals surface area contributed by atoms with Crippen molar-refractivity contribution in [1.82, 2.24) is 5.32 Å². The molecule has 3 heteroatoms. The second-order valence-electron chi connectivity index (χ2n) is 3.65. The zero-order chi connectivity index (χ0) is 10.3. The highest BCUT2D eigenvalue weighted by Crippen LogP contribution is 1.99. The number of nitrogens with one attached hydrogen (secondary N) is 1. The van der Waals surface area contributed by atoms with Gasteiger partial charge in [0.2, 0.25) is 5.91 Å². The van der Waals surface area contributed by atoms with Crippen LogP contribution in [0.3, 0.4) is 0 Å². The van der Waals surface area contributed by atoms with Gasteiger partial charge in [-0.05, 0) is 19.3 Å². The van der Waals surface area contributed by atoms with Crippen LogP contribution < -0.4 is 5.32 Å². The molecular weight excluding hydrogens is 166 g/mol. The van der Waals surface area contributed by atoms with Gasteiger partial charge in [-0.2, -0.15) is 0 Å². The minimum Gasteiger partial charge on any atom is -0.372 e. The second kappa shape index (κ2) is 6.89. The molecule has 1 amide bonds. The van der Waals surface area contributed by atoms with Crippen molar-refractivity contribution in [2.75, 3.05) is 13.2 Å². The standard InChI is InChI=1S/C10H21NO2/c1-5-6-13-7-10(12)11-9(4)8(2)3/h8-9H,5-7H2,1-4H3,(H,11,12). The highest BCUT2D eigenvalue weighted by Gasteiger charge is 2.09. The summed E-state index contributed by atoms with van der Waals surface area (Å²) in [5.41, 5.74) is 0. The summed E-state index contributed by atoms with van der Waals surface area (Å²) in [5.74, 6) is 0.449. The molecule has 0 aliphatic carbocycles. The van der Waals surface area contributed by atoms with Gasteiger partial charge >= 0.3 is 0 Å². The fraction of sp³-hybridized carbons (Fsp3) is 0.900. The minimum absolute atomic E-state index is 0.0188. The van der Waals surface area contributed by atoms with Gasteiger partial charge < -0.3 is 10.1 Å². The Labute approximate surface area is 80.8 Å². The van der Waals surface area contributed by atoms with Gasteiger partial charge in [0.15, 0.2) is 0 Å². The molecule has 0 heterocycles. The first-order chi connectivity index (χ1) is 6.07. The fourth-order valence-corrected chi connectivity index (χ4v) is 0.771. The van der Waals surface area contributed by atoms with Crippen LogP contribution in [0.4, 0.5) is 0 Å². The van der Waals surface area contributed by atoms with Crippen LogP contribution in [0.5, 0.6) is 0 Å². The van der Waals surface area contributed by atoms with E-state index in [9.17, 15) is 4.79 Å². The molecule has 13 heavy (non-hydrogen) atoms. The lowest BCUT2D eigenvalue weighted by molar-refractivity contribution is -0.126. The molecule has 0 fully saturated rings. The first-order valence-electron chi connectivity index (χ1n) is 4.95. The highest BCUT2D eigenvalue weighted by molar-refractivity contribution is 5.77.